The number of rotatable bonds is 2. The summed E-state index contributed by atoms with van der Waals surface area (Å²) in [5.74, 6) is 0.441. The fourth-order valence-corrected chi connectivity index (χ4v) is 5.00. The van der Waals surface area contributed by atoms with Crippen molar-refractivity contribution in [1.29, 1.82) is 0 Å². The number of aromatic amines is 1. The zero-order chi connectivity index (χ0) is 17.5. The quantitative estimate of drug-likeness (QED) is 0.725. The number of piperidine rings is 1. The van der Waals surface area contributed by atoms with Crippen molar-refractivity contribution in [3.63, 3.8) is 0 Å². The van der Waals surface area contributed by atoms with Crippen LogP contribution < -0.4 is 0 Å². The first-order valence-electron chi connectivity index (χ1n) is 9.91. The Kier molecular flexibility index (Phi) is 4.07. The van der Waals surface area contributed by atoms with Gasteiger partial charge in [0.15, 0.2) is 0 Å². The van der Waals surface area contributed by atoms with Crippen LogP contribution in [0.4, 0.5) is 0 Å². The van der Waals surface area contributed by atoms with E-state index in [1.807, 2.05) is 6.20 Å². The fraction of sp³-hybridized carbons (Fsp3) is 0.391. The molecule has 0 bridgehead atoms. The molecule has 1 aromatic heterocycles. The molecule has 3 heterocycles. The standard InChI is InChI=1S/C23H27N3/c1-25-16-21(17-9-10-22-18(15-17)11-12-24-22)19-7-3-4-8-20(19)23(25)26-13-5-2-6-14-26/h3-4,7-12,15,21,23-24H,2,5-6,13-14,16H2,1H3. The molecule has 2 aliphatic heterocycles. The zero-order valence-electron chi connectivity index (χ0n) is 15.5. The van der Waals surface area contributed by atoms with Gasteiger partial charge < -0.3 is 4.98 Å². The minimum Gasteiger partial charge on any atom is -0.361 e. The van der Waals surface area contributed by atoms with Crippen molar-refractivity contribution in [1.82, 2.24) is 14.8 Å². The van der Waals surface area contributed by atoms with E-state index in [0.29, 0.717) is 12.1 Å². The Labute approximate surface area is 155 Å². The SMILES string of the molecule is CN1CC(c2ccc3[nH]ccc3c2)c2ccccc2C1N1CCCCC1. The maximum atomic E-state index is 3.31. The van der Waals surface area contributed by atoms with Crippen LogP contribution in [0.1, 0.15) is 48.0 Å². The van der Waals surface area contributed by atoms with E-state index in [1.54, 1.807) is 0 Å². The second-order valence-corrected chi connectivity index (χ2v) is 7.92. The van der Waals surface area contributed by atoms with E-state index >= 15 is 0 Å². The largest absolute Gasteiger partial charge is 0.361 e. The predicted octanol–water partition coefficient (Wildman–Crippen LogP) is 4.73. The number of nitrogens with one attached hydrogen (secondary N) is 1. The Morgan fingerprint density at radius 3 is 2.58 bits per heavy atom. The van der Waals surface area contributed by atoms with Crippen LogP contribution in [-0.4, -0.2) is 41.5 Å². The first-order valence-corrected chi connectivity index (χ1v) is 9.91. The summed E-state index contributed by atoms with van der Waals surface area (Å²) in [5.41, 5.74) is 5.66. The van der Waals surface area contributed by atoms with Crippen LogP contribution in [0.3, 0.4) is 0 Å². The zero-order valence-corrected chi connectivity index (χ0v) is 15.5. The van der Waals surface area contributed by atoms with Crippen LogP contribution in [0.25, 0.3) is 10.9 Å². The highest BCUT2D eigenvalue weighted by Gasteiger charge is 2.35. The van der Waals surface area contributed by atoms with Gasteiger partial charge in [-0.25, -0.2) is 0 Å². The molecule has 26 heavy (non-hydrogen) atoms. The monoisotopic (exact) mass is 345 g/mol. The second kappa shape index (κ2) is 6.57. The van der Waals surface area contributed by atoms with Crippen molar-refractivity contribution in [2.24, 2.45) is 0 Å². The van der Waals surface area contributed by atoms with Crippen LogP contribution in [0.5, 0.6) is 0 Å². The third kappa shape index (κ3) is 2.67. The van der Waals surface area contributed by atoms with Crippen LogP contribution >= 0.6 is 0 Å². The molecule has 2 atom stereocenters. The molecule has 2 unspecified atom stereocenters. The number of H-pyrrole nitrogens is 1. The van der Waals surface area contributed by atoms with E-state index in [4.69, 9.17) is 0 Å². The van der Waals surface area contributed by atoms with Gasteiger partial charge in [0.1, 0.15) is 0 Å². The van der Waals surface area contributed by atoms with Gasteiger partial charge in [0.05, 0.1) is 6.17 Å². The Morgan fingerprint density at radius 2 is 1.73 bits per heavy atom. The molecule has 1 saturated heterocycles. The van der Waals surface area contributed by atoms with Crippen molar-refractivity contribution in [3.05, 3.63) is 71.4 Å². The van der Waals surface area contributed by atoms with Crippen molar-refractivity contribution < 1.29 is 0 Å². The van der Waals surface area contributed by atoms with Gasteiger partial charge >= 0.3 is 0 Å². The highest BCUT2D eigenvalue weighted by molar-refractivity contribution is 5.80. The molecule has 0 radical (unpaired) electrons. The summed E-state index contributed by atoms with van der Waals surface area (Å²) < 4.78 is 0. The highest BCUT2D eigenvalue weighted by Crippen LogP contribution is 2.41. The maximum absolute atomic E-state index is 3.31. The van der Waals surface area contributed by atoms with Crippen molar-refractivity contribution in [3.8, 4) is 0 Å². The van der Waals surface area contributed by atoms with Gasteiger partial charge in [-0.2, -0.15) is 0 Å². The van der Waals surface area contributed by atoms with Crippen LogP contribution in [0.15, 0.2) is 54.7 Å². The summed E-state index contributed by atoms with van der Waals surface area (Å²) in [6.45, 7) is 3.53. The summed E-state index contributed by atoms with van der Waals surface area (Å²) in [5, 5.41) is 1.31. The molecule has 5 rings (SSSR count). The lowest BCUT2D eigenvalue weighted by molar-refractivity contribution is 0.0338. The molecule has 1 N–H and O–H groups in total. The lowest BCUT2D eigenvalue weighted by atomic mass is 9.82. The van der Waals surface area contributed by atoms with Crippen LogP contribution in [-0.2, 0) is 0 Å². The molecule has 2 aliphatic rings. The van der Waals surface area contributed by atoms with Gasteiger partial charge in [0.2, 0.25) is 0 Å². The summed E-state index contributed by atoms with van der Waals surface area (Å²) in [6.07, 6.45) is 6.51. The average molecular weight is 345 g/mol. The Balaban J connectivity index is 1.56. The van der Waals surface area contributed by atoms with E-state index in [0.717, 1.165) is 6.54 Å². The first kappa shape index (κ1) is 16.1. The first-order chi connectivity index (χ1) is 12.8. The molecule has 0 spiro atoms. The van der Waals surface area contributed by atoms with Crippen molar-refractivity contribution in [2.45, 2.75) is 31.3 Å². The molecular formula is C23H27N3. The number of likely N-dealkylation sites (tertiary alicyclic amines) is 1. The Hall–Kier alpha value is -2.10. The van der Waals surface area contributed by atoms with Gasteiger partial charge in [-0.05, 0) is 73.3 Å². The van der Waals surface area contributed by atoms with Crippen LogP contribution in [0, 0.1) is 0 Å². The van der Waals surface area contributed by atoms with E-state index in [2.05, 4.69) is 70.4 Å². The predicted molar refractivity (Wildman–Crippen MR) is 107 cm³/mol. The van der Waals surface area contributed by atoms with Gasteiger partial charge in [-0.1, -0.05) is 36.8 Å². The number of hydrogen-bond donors (Lipinski definition) is 1. The number of hydrogen-bond acceptors (Lipinski definition) is 2. The summed E-state index contributed by atoms with van der Waals surface area (Å²) in [4.78, 5) is 8.57. The van der Waals surface area contributed by atoms with Gasteiger partial charge in [0.25, 0.3) is 0 Å². The number of aromatic nitrogens is 1. The number of nitrogens with zero attached hydrogens (tertiary/aromatic N) is 2. The molecule has 2 aromatic carbocycles. The maximum Gasteiger partial charge on any atom is 0.0886 e. The van der Waals surface area contributed by atoms with E-state index in [9.17, 15) is 0 Å². The molecule has 3 nitrogen and oxygen atoms in total. The summed E-state index contributed by atoms with van der Waals surface area (Å²) in [6, 6.07) is 18.2. The molecule has 3 heteroatoms. The van der Waals surface area contributed by atoms with E-state index in [1.165, 1.54) is 59.9 Å². The Morgan fingerprint density at radius 1 is 0.923 bits per heavy atom. The average Bonchev–Trinajstić information content (AvgIpc) is 3.16. The second-order valence-electron chi connectivity index (χ2n) is 7.92. The van der Waals surface area contributed by atoms with E-state index in [-0.39, 0.29) is 0 Å². The van der Waals surface area contributed by atoms with Crippen LogP contribution in [0.2, 0.25) is 0 Å². The third-order valence-corrected chi connectivity index (χ3v) is 6.25. The van der Waals surface area contributed by atoms with E-state index < -0.39 is 0 Å². The Bertz CT molecular complexity index is 906. The lowest BCUT2D eigenvalue weighted by Crippen LogP contribution is -2.46. The number of likely N-dealkylation sites (N-methyl/N-ethyl adjacent to an activating group) is 1. The third-order valence-electron chi connectivity index (χ3n) is 6.25. The molecule has 0 saturated carbocycles. The van der Waals surface area contributed by atoms with Gasteiger partial charge in [0, 0.05) is 24.2 Å². The van der Waals surface area contributed by atoms with Crippen molar-refractivity contribution in [2.75, 3.05) is 26.7 Å². The fourth-order valence-electron chi connectivity index (χ4n) is 5.00. The molecule has 0 amide bonds. The molecule has 0 aliphatic carbocycles. The minimum atomic E-state index is 0.429. The normalized spacial score (nSPS) is 24.7. The summed E-state index contributed by atoms with van der Waals surface area (Å²) in [7, 11) is 2.30. The minimum absolute atomic E-state index is 0.429. The van der Waals surface area contributed by atoms with Gasteiger partial charge in [-0.3, -0.25) is 9.80 Å². The molecule has 3 aromatic rings. The van der Waals surface area contributed by atoms with Crippen molar-refractivity contribution >= 4 is 10.9 Å². The number of benzene rings is 2. The summed E-state index contributed by atoms with van der Waals surface area (Å²) >= 11 is 0. The number of fused-ring (bicyclic) bond motifs is 2. The van der Waals surface area contributed by atoms with Gasteiger partial charge in [-0.15, -0.1) is 0 Å². The molecule has 1 fully saturated rings. The molecular weight excluding hydrogens is 318 g/mol. The molecule has 134 valence electrons. The smallest absolute Gasteiger partial charge is 0.0886 e. The highest BCUT2D eigenvalue weighted by atomic mass is 15.3. The topological polar surface area (TPSA) is 22.3 Å². The lowest BCUT2D eigenvalue weighted by Gasteiger charge is -2.46.